The molecule has 0 atom stereocenters. The van der Waals surface area contributed by atoms with E-state index in [1.54, 1.807) is 43.3 Å². The Balaban J connectivity index is 1.92. The van der Waals surface area contributed by atoms with Crippen molar-refractivity contribution in [2.24, 2.45) is 5.16 Å². The number of carboxylic acid groups (broad SMARTS) is 1. The van der Waals surface area contributed by atoms with E-state index in [0.717, 1.165) is 17.4 Å². The van der Waals surface area contributed by atoms with Crippen LogP contribution in [0.25, 0.3) is 0 Å². The molecule has 7 nitrogen and oxygen atoms in total. The van der Waals surface area contributed by atoms with E-state index in [9.17, 15) is 13.2 Å². The molecule has 0 aliphatic heterocycles. The first kappa shape index (κ1) is 19.5. The monoisotopic (exact) mass is 377 g/mol. The molecular formula is C18H19NO6S. The molecular weight excluding hydrogens is 358 g/mol. The fourth-order valence-electron chi connectivity index (χ4n) is 2.03. The second kappa shape index (κ2) is 8.48. The SMILES string of the molecule is CC(=NOCc1ccc(S(C)(=O)=O)cc1)c1ccc(OCC(=O)O)cc1. The number of oxime groups is 1. The summed E-state index contributed by atoms with van der Waals surface area (Å²) in [4.78, 5) is 16.0. The van der Waals surface area contributed by atoms with Crippen molar-refractivity contribution in [1.29, 1.82) is 0 Å². The summed E-state index contributed by atoms with van der Waals surface area (Å²) in [7, 11) is -3.21. The predicted octanol–water partition coefficient (Wildman–Crippen LogP) is 2.49. The molecule has 0 aliphatic carbocycles. The highest BCUT2D eigenvalue weighted by Gasteiger charge is 2.06. The number of rotatable bonds is 8. The van der Waals surface area contributed by atoms with Crippen LogP contribution in [0, 0.1) is 0 Å². The zero-order valence-corrected chi connectivity index (χ0v) is 15.2. The number of aliphatic carboxylic acids is 1. The summed E-state index contributed by atoms with van der Waals surface area (Å²) in [5.74, 6) is -0.583. The number of benzene rings is 2. The van der Waals surface area contributed by atoms with Crippen molar-refractivity contribution in [3.05, 3.63) is 59.7 Å². The molecule has 0 fully saturated rings. The lowest BCUT2D eigenvalue weighted by Crippen LogP contribution is -2.09. The number of carboxylic acids is 1. The van der Waals surface area contributed by atoms with Gasteiger partial charge in [0, 0.05) is 6.26 Å². The molecule has 0 spiro atoms. The van der Waals surface area contributed by atoms with E-state index in [0.29, 0.717) is 11.5 Å². The Kier molecular flexibility index (Phi) is 6.35. The summed E-state index contributed by atoms with van der Waals surface area (Å²) in [6.07, 6.45) is 1.16. The molecule has 0 aliphatic rings. The largest absolute Gasteiger partial charge is 0.482 e. The Morgan fingerprint density at radius 3 is 2.23 bits per heavy atom. The minimum Gasteiger partial charge on any atom is -0.482 e. The summed E-state index contributed by atoms with van der Waals surface area (Å²) in [6.45, 7) is 1.59. The van der Waals surface area contributed by atoms with Gasteiger partial charge in [0.15, 0.2) is 16.4 Å². The first-order chi connectivity index (χ1) is 12.3. The van der Waals surface area contributed by atoms with Gasteiger partial charge in [-0.15, -0.1) is 0 Å². The fraction of sp³-hybridized carbons (Fsp3) is 0.222. The molecule has 1 N–H and O–H groups in total. The summed E-state index contributed by atoms with van der Waals surface area (Å²) in [6, 6.07) is 13.2. The number of hydrogen-bond donors (Lipinski definition) is 1. The Labute approximate surface area is 151 Å². The van der Waals surface area contributed by atoms with Gasteiger partial charge in [-0.05, 0) is 54.4 Å². The van der Waals surface area contributed by atoms with Gasteiger partial charge in [-0.1, -0.05) is 17.3 Å². The predicted molar refractivity (Wildman–Crippen MR) is 96.1 cm³/mol. The standard InChI is InChI=1S/C18H19NO6S/c1-13(15-5-7-16(8-6-15)24-12-18(20)21)19-25-11-14-3-9-17(10-4-14)26(2,22)23/h3-10H,11-12H2,1-2H3,(H,20,21). The number of sulfone groups is 1. The molecule has 2 aromatic carbocycles. The molecule has 0 aromatic heterocycles. The van der Waals surface area contributed by atoms with E-state index in [1.807, 2.05) is 0 Å². The Morgan fingerprint density at radius 1 is 1.08 bits per heavy atom. The maximum Gasteiger partial charge on any atom is 0.341 e. The van der Waals surface area contributed by atoms with Crippen LogP contribution in [0.2, 0.25) is 0 Å². The molecule has 2 rings (SSSR count). The molecule has 2 aromatic rings. The molecule has 26 heavy (non-hydrogen) atoms. The van der Waals surface area contributed by atoms with Crippen molar-refractivity contribution < 1.29 is 27.9 Å². The molecule has 0 saturated heterocycles. The van der Waals surface area contributed by atoms with E-state index < -0.39 is 22.4 Å². The van der Waals surface area contributed by atoms with Crippen LogP contribution in [0.1, 0.15) is 18.1 Å². The third-order valence-corrected chi connectivity index (χ3v) is 4.55. The zero-order chi connectivity index (χ0) is 19.2. The van der Waals surface area contributed by atoms with Crippen LogP contribution in [-0.2, 0) is 26.1 Å². The van der Waals surface area contributed by atoms with Crippen LogP contribution >= 0.6 is 0 Å². The first-order valence-corrected chi connectivity index (χ1v) is 9.55. The second-order valence-electron chi connectivity index (χ2n) is 5.57. The molecule has 138 valence electrons. The average Bonchev–Trinajstić information content (AvgIpc) is 2.60. The van der Waals surface area contributed by atoms with Gasteiger partial charge < -0.3 is 14.7 Å². The average molecular weight is 377 g/mol. The minimum atomic E-state index is -3.21. The van der Waals surface area contributed by atoms with Crippen molar-refractivity contribution in [1.82, 2.24) is 0 Å². The maximum absolute atomic E-state index is 11.4. The van der Waals surface area contributed by atoms with E-state index in [4.69, 9.17) is 14.7 Å². The second-order valence-corrected chi connectivity index (χ2v) is 7.59. The number of nitrogens with zero attached hydrogens (tertiary/aromatic N) is 1. The third kappa shape index (κ3) is 5.89. The zero-order valence-electron chi connectivity index (χ0n) is 14.4. The number of carbonyl (C=O) groups is 1. The Hall–Kier alpha value is -2.87. The van der Waals surface area contributed by atoms with E-state index in [-0.39, 0.29) is 11.5 Å². The minimum absolute atomic E-state index is 0.210. The quantitative estimate of drug-likeness (QED) is 0.560. The highest BCUT2D eigenvalue weighted by atomic mass is 32.2. The smallest absolute Gasteiger partial charge is 0.341 e. The van der Waals surface area contributed by atoms with Crippen LogP contribution in [0.15, 0.2) is 58.6 Å². The van der Waals surface area contributed by atoms with E-state index in [2.05, 4.69) is 5.16 Å². The number of ether oxygens (including phenoxy) is 1. The van der Waals surface area contributed by atoms with Crippen LogP contribution in [0.3, 0.4) is 0 Å². The molecule has 0 bridgehead atoms. The molecule has 8 heteroatoms. The van der Waals surface area contributed by atoms with Crippen molar-refractivity contribution in [2.75, 3.05) is 12.9 Å². The lowest BCUT2D eigenvalue weighted by molar-refractivity contribution is -0.139. The Morgan fingerprint density at radius 2 is 1.69 bits per heavy atom. The highest BCUT2D eigenvalue weighted by molar-refractivity contribution is 7.90. The highest BCUT2D eigenvalue weighted by Crippen LogP contribution is 2.14. The van der Waals surface area contributed by atoms with Gasteiger partial charge in [0.1, 0.15) is 12.4 Å². The van der Waals surface area contributed by atoms with Crippen LogP contribution in [0.4, 0.5) is 0 Å². The molecule has 0 amide bonds. The molecule has 0 radical (unpaired) electrons. The summed E-state index contributed by atoms with van der Waals surface area (Å²) in [5.41, 5.74) is 2.24. The summed E-state index contributed by atoms with van der Waals surface area (Å²) >= 11 is 0. The van der Waals surface area contributed by atoms with Gasteiger partial charge in [0.2, 0.25) is 0 Å². The lowest BCUT2D eigenvalue weighted by Gasteiger charge is -2.06. The van der Waals surface area contributed by atoms with Gasteiger partial charge in [-0.25, -0.2) is 13.2 Å². The number of hydrogen-bond acceptors (Lipinski definition) is 6. The van der Waals surface area contributed by atoms with E-state index in [1.165, 1.54) is 12.1 Å². The van der Waals surface area contributed by atoms with Crippen LogP contribution < -0.4 is 4.74 Å². The van der Waals surface area contributed by atoms with Crippen LogP contribution in [0.5, 0.6) is 5.75 Å². The maximum atomic E-state index is 11.4. The van der Waals surface area contributed by atoms with Crippen LogP contribution in [-0.4, -0.2) is 38.1 Å². The Bertz CT molecular complexity index is 886. The van der Waals surface area contributed by atoms with Gasteiger partial charge in [0.25, 0.3) is 0 Å². The molecule has 0 unspecified atom stereocenters. The topological polar surface area (TPSA) is 102 Å². The van der Waals surface area contributed by atoms with E-state index >= 15 is 0 Å². The van der Waals surface area contributed by atoms with Crippen molar-refractivity contribution >= 4 is 21.5 Å². The van der Waals surface area contributed by atoms with Gasteiger partial charge >= 0.3 is 5.97 Å². The van der Waals surface area contributed by atoms with Crippen molar-refractivity contribution in [3.8, 4) is 5.75 Å². The van der Waals surface area contributed by atoms with Gasteiger partial charge in [-0.2, -0.15) is 0 Å². The summed E-state index contributed by atoms with van der Waals surface area (Å²) < 4.78 is 27.9. The lowest BCUT2D eigenvalue weighted by atomic mass is 10.1. The summed E-state index contributed by atoms with van der Waals surface area (Å²) in [5, 5.41) is 12.6. The van der Waals surface area contributed by atoms with Gasteiger partial charge in [-0.3, -0.25) is 0 Å². The first-order valence-electron chi connectivity index (χ1n) is 7.66. The normalized spacial score (nSPS) is 11.8. The fourth-order valence-corrected chi connectivity index (χ4v) is 2.66. The molecule has 0 saturated carbocycles. The van der Waals surface area contributed by atoms with Crippen molar-refractivity contribution in [2.45, 2.75) is 18.4 Å². The van der Waals surface area contributed by atoms with Crippen molar-refractivity contribution in [3.63, 3.8) is 0 Å². The van der Waals surface area contributed by atoms with Gasteiger partial charge in [0.05, 0.1) is 10.6 Å². The molecule has 0 heterocycles. The third-order valence-electron chi connectivity index (χ3n) is 3.42.